The predicted octanol–water partition coefficient (Wildman–Crippen LogP) is -0.633. The summed E-state index contributed by atoms with van der Waals surface area (Å²) < 4.78 is 0. The molecule has 0 bridgehead atoms. The number of aliphatic hydroxyl groups excluding tert-OH is 1. The number of amides is 3. The van der Waals surface area contributed by atoms with Crippen molar-refractivity contribution < 1.29 is 19.9 Å². The van der Waals surface area contributed by atoms with Crippen LogP contribution >= 0.6 is 0 Å². The average Bonchev–Trinajstić information content (AvgIpc) is 2.16. The fourth-order valence-electron chi connectivity index (χ4n) is 1.15. The van der Waals surface area contributed by atoms with Crippen LogP contribution in [0.15, 0.2) is 0 Å². The average molecular weight is 174 g/mol. The molecule has 0 aromatic carbocycles. The van der Waals surface area contributed by atoms with Gasteiger partial charge in [-0.25, -0.2) is 4.79 Å². The lowest BCUT2D eigenvalue weighted by atomic mass is 10.3. The zero-order chi connectivity index (χ0) is 9.46. The summed E-state index contributed by atoms with van der Waals surface area (Å²) in [6.45, 7) is 2.78. The quantitative estimate of drug-likeness (QED) is 0.409. The summed E-state index contributed by atoms with van der Waals surface area (Å²) in [5.41, 5.74) is 0. The third-order valence-corrected chi connectivity index (χ3v) is 1.79. The number of urea groups is 1. The lowest BCUT2D eigenvalue weighted by molar-refractivity contribution is -0.148. The van der Waals surface area contributed by atoms with Crippen molar-refractivity contribution in [2.75, 3.05) is 0 Å². The van der Waals surface area contributed by atoms with Crippen molar-refractivity contribution in [3.63, 3.8) is 0 Å². The molecular formula is C6H10N2O4. The van der Waals surface area contributed by atoms with Crippen LogP contribution in [0, 0.1) is 0 Å². The first kappa shape index (κ1) is 8.95. The van der Waals surface area contributed by atoms with Gasteiger partial charge in [0.15, 0.2) is 0 Å². The highest BCUT2D eigenvalue weighted by Gasteiger charge is 2.44. The Morgan fingerprint density at radius 1 is 1.50 bits per heavy atom. The van der Waals surface area contributed by atoms with Crippen LogP contribution in [0.2, 0.25) is 0 Å². The highest BCUT2D eigenvalue weighted by atomic mass is 16.5. The molecule has 3 amide bonds. The highest BCUT2D eigenvalue weighted by Crippen LogP contribution is 2.16. The van der Waals surface area contributed by atoms with Crippen LogP contribution < -0.4 is 0 Å². The number of carbonyl (C=O) groups excluding carboxylic acids is 2. The van der Waals surface area contributed by atoms with Crippen molar-refractivity contribution in [3.8, 4) is 0 Å². The first-order chi connectivity index (χ1) is 5.46. The SMILES string of the molecule is CC(O)N1C(=O)N(O)C(=O)C1C. The monoisotopic (exact) mass is 174 g/mol. The van der Waals surface area contributed by atoms with E-state index >= 15 is 0 Å². The Labute approximate surface area is 68.9 Å². The minimum Gasteiger partial charge on any atom is -0.374 e. The maximum atomic E-state index is 11.0. The molecule has 68 valence electrons. The van der Waals surface area contributed by atoms with Gasteiger partial charge in [0.25, 0.3) is 5.91 Å². The van der Waals surface area contributed by atoms with Gasteiger partial charge in [0.05, 0.1) is 0 Å². The number of rotatable bonds is 1. The summed E-state index contributed by atoms with van der Waals surface area (Å²) in [6.07, 6.45) is -1.08. The van der Waals surface area contributed by atoms with Crippen molar-refractivity contribution in [1.82, 2.24) is 9.96 Å². The Morgan fingerprint density at radius 2 is 2.00 bits per heavy atom. The van der Waals surface area contributed by atoms with E-state index in [1.54, 1.807) is 0 Å². The molecule has 1 rings (SSSR count). The number of nitrogens with zero attached hydrogens (tertiary/aromatic N) is 2. The van der Waals surface area contributed by atoms with E-state index in [4.69, 9.17) is 10.3 Å². The largest absolute Gasteiger partial charge is 0.374 e. The van der Waals surface area contributed by atoms with Gasteiger partial charge in [-0.05, 0) is 13.8 Å². The molecule has 0 aliphatic carbocycles. The normalized spacial score (nSPS) is 26.8. The van der Waals surface area contributed by atoms with Gasteiger partial charge in [-0.1, -0.05) is 0 Å². The highest BCUT2D eigenvalue weighted by molar-refractivity contribution is 6.02. The molecule has 1 saturated heterocycles. The molecule has 6 heteroatoms. The third-order valence-electron chi connectivity index (χ3n) is 1.79. The molecular weight excluding hydrogens is 164 g/mol. The van der Waals surface area contributed by atoms with Crippen molar-refractivity contribution in [2.24, 2.45) is 0 Å². The fourth-order valence-corrected chi connectivity index (χ4v) is 1.15. The van der Waals surface area contributed by atoms with E-state index in [1.807, 2.05) is 0 Å². The maximum absolute atomic E-state index is 11.0. The number of hydrogen-bond acceptors (Lipinski definition) is 4. The molecule has 0 spiro atoms. The third kappa shape index (κ3) is 1.05. The van der Waals surface area contributed by atoms with E-state index < -0.39 is 24.2 Å². The Kier molecular flexibility index (Phi) is 2.03. The Morgan fingerprint density at radius 3 is 2.17 bits per heavy atom. The first-order valence-corrected chi connectivity index (χ1v) is 3.50. The van der Waals surface area contributed by atoms with E-state index in [1.165, 1.54) is 13.8 Å². The van der Waals surface area contributed by atoms with Gasteiger partial charge in [0.1, 0.15) is 12.3 Å². The van der Waals surface area contributed by atoms with Gasteiger partial charge in [-0.2, -0.15) is 0 Å². The molecule has 2 N–H and O–H groups in total. The number of hydrogen-bond donors (Lipinski definition) is 2. The van der Waals surface area contributed by atoms with Gasteiger partial charge >= 0.3 is 6.03 Å². The van der Waals surface area contributed by atoms with E-state index in [-0.39, 0.29) is 5.06 Å². The molecule has 0 aromatic heterocycles. The lowest BCUT2D eigenvalue weighted by Crippen LogP contribution is -2.40. The second kappa shape index (κ2) is 2.72. The molecule has 0 aromatic rings. The number of aliphatic hydroxyl groups is 1. The molecule has 6 nitrogen and oxygen atoms in total. The summed E-state index contributed by atoms with van der Waals surface area (Å²) in [6, 6.07) is -1.69. The van der Waals surface area contributed by atoms with Crippen LogP contribution in [0.3, 0.4) is 0 Å². The molecule has 1 aliphatic heterocycles. The van der Waals surface area contributed by atoms with Crippen molar-refractivity contribution in [1.29, 1.82) is 0 Å². The van der Waals surface area contributed by atoms with Crippen molar-refractivity contribution in [3.05, 3.63) is 0 Å². The van der Waals surface area contributed by atoms with Crippen molar-refractivity contribution in [2.45, 2.75) is 26.1 Å². The summed E-state index contributed by atoms with van der Waals surface area (Å²) in [7, 11) is 0. The van der Waals surface area contributed by atoms with Crippen LogP contribution in [0.4, 0.5) is 4.79 Å². The van der Waals surface area contributed by atoms with Crippen LogP contribution in [0.5, 0.6) is 0 Å². The second-order valence-corrected chi connectivity index (χ2v) is 2.65. The van der Waals surface area contributed by atoms with Crippen molar-refractivity contribution >= 4 is 11.9 Å². The van der Waals surface area contributed by atoms with Crippen LogP contribution in [0.1, 0.15) is 13.8 Å². The Hall–Kier alpha value is -1.14. The number of imide groups is 1. The molecule has 0 saturated carbocycles. The Balaban J connectivity index is 2.91. The minimum absolute atomic E-state index is 0.0113. The summed E-state index contributed by atoms with van der Waals surface area (Å²) in [4.78, 5) is 22.8. The predicted molar refractivity (Wildman–Crippen MR) is 37.0 cm³/mol. The molecule has 12 heavy (non-hydrogen) atoms. The standard InChI is InChI=1S/C6H10N2O4/c1-3-5(10)8(12)6(11)7(3)4(2)9/h3-4,9,12H,1-2H3. The van der Waals surface area contributed by atoms with Crippen LogP contribution in [0.25, 0.3) is 0 Å². The zero-order valence-corrected chi connectivity index (χ0v) is 6.76. The van der Waals surface area contributed by atoms with Gasteiger partial charge in [-0.3, -0.25) is 14.9 Å². The molecule has 1 fully saturated rings. The van der Waals surface area contributed by atoms with Gasteiger partial charge in [0, 0.05) is 0 Å². The number of hydroxylamine groups is 2. The van der Waals surface area contributed by atoms with Crippen LogP contribution in [-0.2, 0) is 4.79 Å². The molecule has 1 aliphatic rings. The summed E-state index contributed by atoms with van der Waals surface area (Å²) in [5, 5.41) is 17.9. The van der Waals surface area contributed by atoms with Crippen LogP contribution in [-0.4, -0.2) is 44.5 Å². The topological polar surface area (TPSA) is 81.1 Å². The van der Waals surface area contributed by atoms with Gasteiger partial charge < -0.3 is 5.11 Å². The Bertz CT molecular complexity index is 228. The lowest BCUT2D eigenvalue weighted by Gasteiger charge is -2.20. The molecule has 2 unspecified atom stereocenters. The van der Waals surface area contributed by atoms with E-state index in [0.717, 1.165) is 4.90 Å². The smallest absolute Gasteiger partial charge is 0.353 e. The van der Waals surface area contributed by atoms with Gasteiger partial charge in [0.2, 0.25) is 0 Å². The zero-order valence-electron chi connectivity index (χ0n) is 6.76. The minimum atomic E-state index is -1.08. The second-order valence-electron chi connectivity index (χ2n) is 2.65. The molecule has 2 atom stereocenters. The summed E-state index contributed by atoms with van der Waals surface area (Å²) >= 11 is 0. The first-order valence-electron chi connectivity index (χ1n) is 3.50. The van der Waals surface area contributed by atoms with E-state index in [0.29, 0.717) is 0 Å². The number of carbonyl (C=O) groups is 2. The van der Waals surface area contributed by atoms with E-state index in [9.17, 15) is 9.59 Å². The maximum Gasteiger partial charge on any atom is 0.353 e. The fraction of sp³-hybridized carbons (Fsp3) is 0.667. The summed E-state index contributed by atoms with van der Waals surface area (Å²) in [5.74, 6) is -0.721. The van der Waals surface area contributed by atoms with E-state index in [2.05, 4.69) is 0 Å². The molecule has 1 heterocycles. The van der Waals surface area contributed by atoms with Gasteiger partial charge in [-0.15, -0.1) is 5.06 Å². The molecule has 0 radical (unpaired) electrons.